The predicted molar refractivity (Wildman–Crippen MR) is 173 cm³/mol. The first-order valence-electron chi connectivity index (χ1n) is 16.9. The first-order valence-corrected chi connectivity index (χ1v) is 18.5. The van der Waals surface area contributed by atoms with Gasteiger partial charge in [-0.05, 0) is 107 Å². The molecule has 5 aliphatic rings. The largest absolute Gasteiger partial charge is 0.334 e. The lowest BCUT2D eigenvalue weighted by molar-refractivity contribution is 0.0603. The highest BCUT2D eigenvalue weighted by Crippen LogP contribution is 2.44. The van der Waals surface area contributed by atoms with Gasteiger partial charge < -0.3 is 19.8 Å². The van der Waals surface area contributed by atoms with Crippen LogP contribution < -0.4 is 10.5 Å². The number of carbonyl (C=O) groups is 1. The topological polar surface area (TPSA) is 128 Å². The lowest BCUT2D eigenvalue weighted by atomic mass is 9.94. The van der Waals surface area contributed by atoms with Gasteiger partial charge in [0.15, 0.2) is 5.82 Å². The average molecular weight is 646 g/mol. The highest BCUT2D eigenvalue weighted by Gasteiger charge is 2.42. The first kappa shape index (κ1) is 28.8. The van der Waals surface area contributed by atoms with Crippen LogP contribution in [0.3, 0.4) is 0 Å². The van der Waals surface area contributed by atoms with Crippen LogP contribution in [0.2, 0.25) is 0 Å². The van der Waals surface area contributed by atoms with E-state index in [2.05, 4.69) is 15.4 Å². The van der Waals surface area contributed by atoms with Gasteiger partial charge in [-0.3, -0.25) is 4.79 Å². The van der Waals surface area contributed by atoms with Crippen LogP contribution in [-0.4, -0.2) is 62.2 Å². The molecule has 9 rings (SSSR count). The first-order chi connectivity index (χ1) is 22.1. The molecular formula is C34H40FN7O3S. The molecule has 3 aromatic heterocycles. The number of nitrogens with two attached hydrogens (primary N) is 1. The van der Waals surface area contributed by atoms with Crippen LogP contribution in [-0.2, 0) is 16.6 Å². The molecule has 5 fully saturated rings. The van der Waals surface area contributed by atoms with Gasteiger partial charge in [0.2, 0.25) is 10.0 Å². The maximum Gasteiger partial charge on any atom is 0.254 e. The zero-order chi connectivity index (χ0) is 31.5. The fourth-order valence-corrected chi connectivity index (χ4v) is 9.43. The Morgan fingerprint density at radius 3 is 2.57 bits per heavy atom. The van der Waals surface area contributed by atoms with E-state index in [1.807, 2.05) is 28.5 Å². The van der Waals surface area contributed by atoms with Gasteiger partial charge in [0.1, 0.15) is 17.0 Å². The summed E-state index contributed by atoms with van der Waals surface area (Å²) in [4.78, 5) is 25.7. The van der Waals surface area contributed by atoms with Crippen molar-refractivity contribution in [3.05, 3.63) is 47.4 Å². The summed E-state index contributed by atoms with van der Waals surface area (Å²) < 4.78 is 48.5. The van der Waals surface area contributed by atoms with Crippen LogP contribution >= 0.6 is 0 Å². The molecule has 0 unspecified atom stereocenters. The number of rotatable bonds is 9. The molecule has 1 saturated heterocycles. The monoisotopic (exact) mass is 645 g/mol. The van der Waals surface area contributed by atoms with Crippen LogP contribution in [0, 0.1) is 17.7 Å². The summed E-state index contributed by atoms with van der Waals surface area (Å²) in [6, 6.07) is 8.89. The van der Waals surface area contributed by atoms with Gasteiger partial charge in [0.25, 0.3) is 5.91 Å². The number of carbonyl (C=O) groups excluding carboxylic acids is 1. The molecule has 4 saturated carbocycles. The number of imidazole rings is 1. The SMILES string of the molecule is C[C@@H](NS(=O)(=O)C1CC1)c1ccc2cc(-c3nc4cc(C(=O)N5C[C@H](N)[C@H]6CC[C@@H]5C6)cc(F)c4n3C3CC3)n(CC3CC3)c2n1. The van der Waals surface area contributed by atoms with Crippen LogP contribution in [0.25, 0.3) is 33.6 Å². The summed E-state index contributed by atoms with van der Waals surface area (Å²) in [5.41, 5.74) is 9.95. The maximum absolute atomic E-state index is 16.1. The Morgan fingerprint density at radius 1 is 1.04 bits per heavy atom. The summed E-state index contributed by atoms with van der Waals surface area (Å²) in [6.07, 6.45) is 8.47. The zero-order valence-electron chi connectivity index (χ0n) is 26.0. The van der Waals surface area contributed by atoms with Crippen molar-refractivity contribution in [2.24, 2.45) is 17.6 Å². The van der Waals surface area contributed by atoms with Crippen molar-refractivity contribution < 1.29 is 17.6 Å². The second-order valence-electron chi connectivity index (χ2n) is 14.5. The van der Waals surface area contributed by atoms with Gasteiger partial charge in [0, 0.05) is 42.2 Å². The van der Waals surface area contributed by atoms with Gasteiger partial charge >= 0.3 is 0 Å². The maximum atomic E-state index is 16.1. The number of piperidine rings is 1. The number of sulfonamides is 1. The molecule has 3 N–H and O–H groups in total. The van der Waals surface area contributed by atoms with Crippen LogP contribution in [0.5, 0.6) is 0 Å². The van der Waals surface area contributed by atoms with E-state index in [1.54, 1.807) is 6.07 Å². The Hall–Kier alpha value is -3.35. The second kappa shape index (κ2) is 10.3. The molecule has 4 aliphatic carbocycles. The zero-order valence-corrected chi connectivity index (χ0v) is 26.8. The van der Waals surface area contributed by atoms with Crippen LogP contribution in [0.1, 0.15) is 92.8 Å². The molecule has 46 heavy (non-hydrogen) atoms. The minimum Gasteiger partial charge on any atom is -0.334 e. The summed E-state index contributed by atoms with van der Waals surface area (Å²) in [5.74, 6) is 1.07. The smallest absolute Gasteiger partial charge is 0.254 e. The number of pyridine rings is 1. The molecule has 1 aromatic carbocycles. The Labute approximate surface area is 267 Å². The number of hydrogen-bond acceptors (Lipinski definition) is 6. The van der Waals surface area contributed by atoms with Gasteiger partial charge in [0.05, 0.1) is 28.2 Å². The van der Waals surface area contributed by atoms with Gasteiger partial charge in [-0.15, -0.1) is 0 Å². The van der Waals surface area contributed by atoms with Crippen molar-refractivity contribution in [3.63, 3.8) is 0 Å². The van der Waals surface area contributed by atoms with E-state index in [0.29, 0.717) is 59.3 Å². The van der Waals surface area contributed by atoms with Crippen LogP contribution in [0.15, 0.2) is 30.3 Å². The quantitative estimate of drug-likeness (QED) is 0.263. The minimum absolute atomic E-state index is 0.0409. The standard InChI is InChI=1S/C34H40FN7O3S/c1-18(39-46(44,45)25-9-10-25)28-11-5-21-15-30(41(32(21)37-28)16-19-2-3-19)33-38-29-14-22(13-26(35)31(29)42(33)23-7-8-23)34(43)40-17-27(36)20-4-6-24(40)12-20/h5,11,13-15,18-20,23-25,27,39H,2-4,6-10,12,16-17,36H2,1H3/t18-,20+,24-,27+/m1/s1. The summed E-state index contributed by atoms with van der Waals surface area (Å²) in [5, 5.41) is 0.627. The number of nitrogens with one attached hydrogen (secondary N) is 1. The second-order valence-corrected chi connectivity index (χ2v) is 16.5. The van der Waals surface area contributed by atoms with E-state index in [1.165, 1.54) is 6.07 Å². The van der Waals surface area contributed by atoms with Crippen molar-refractivity contribution in [2.45, 2.75) is 101 Å². The molecule has 10 nitrogen and oxygen atoms in total. The molecule has 0 radical (unpaired) electrons. The number of hydrogen-bond donors (Lipinski definition) is 2. The van der Waals surface area contributed by atoms with Crippen molar-refractivity contribution in [1.82, 2.24) is 28.7 Å². The minimum atomic E-state index is -3.37. The number of amides is 1. The van der Waals surface area contributed by atoms with Crippen molar-refractivity contribution in [2.75, 3.05) is 6.54 Å². The van der Waals surface area contributed by atoms with Gasteiger partial charge in [-0.25, -0.2) is 27.5 Å². The lowest BCUT2D eigenvalue weighted by Gasteiger charge is -2.37. The predicted octanol–water partition coefficient (Wildman–Crippen LogP) is 5.03. The molecule has 4 heterocycles. The summed E-state index contributed by atoms with van der Waals surface area (Å²) in [6.45, 7) is 3.10. The third kappa shape index (κ3) is 4.86. The van der Waals surface area contributed by atoms with E-state index in [9.17, 15) is 13.2 Å². The molecular weight excluding hydrogens is 605 g/mol. The van der Waals surface area contributed by atoms with Crippen molar-refractivity contribution in [1.29, 1.82) is 0 Å². The van der Waals surface area contributed by atoms with E-state index in [-0.39, 0.29) is 29.3 Å². The Bertz CT molecular complexity index is 2010. The third-order valence-corrected chi connectivity index (χ3v) is 13.0. The summed E-state index contributed by atoms with van der Waals surface area (Å²) >= 11 is 0. The molecule has 12 heteroatoms. The average Bonchev–Trinajstić information content (AvgIpc) is 3.94. The van der Waals surface area contributed by atoms with Crippen molar-refractivity contribution in [3.8, 4) is 11.5 Å². The number of benzene rings is 1. The number of aromatic nitrogens is 4. The number of halogens is 1. The Balaban J connectivity index is 1.13. The number of likely N-dealkylation sites (tertiary alicyclic amines) is 1. The molecule has 2 bridgehead atoms. The fourth-order valence-electron chi connectivity index (χ4n) is 7.87. The highest BCUT2D eigenvalue weighted by molar-refractivity contribution is 7.90. The summed E-state index contributed by atoms with van der Waals surface area (Å²) in [7, 11) is -3.37. The molecule has 4 aromatic rings. The fraction of sp³-hybridized carbons (Fsp3) is 0.559. The van der Waals surface area contributed by atoms with Gasteiger partial charge in [-0.1, -0.05) is 0 Å². The van der Waals surface area contributed by atoms with Gasteiger partial charge in [-0.2, -0.15) is 0 Å². The number of fused-ring (bicyclic) bond motifs is 4. The molecule has 1 aliphatic heterocycles. The van der Waals surface area contributed by atoms with E-state index in [4.69, 9.17) is 15.7 Å². The van der Waals surface area contributed by atoms with Crippen LogP contribution in [0.4, 0.5) is 4.39 Å². The Morgan fingerprint density at radius 2 is 1.83 bits per heavy atom. The molecule has 1 amide bonds. The highest BCUT2D eigenvalue weighted by atomic mass is 32.2. The lowest BCUT2D eigenvalue weighted by Crippen LogP contribution is -2.51. The molecule has 0 spiro atoms. The Kier molecular flexibility index (Phi) is 6.47. The number of nitrogens with zero attached hydrogens (tertiary/aromatic N) is 5. The van der Waals surface area contributed by atoms with E-state index in [0.717, 1.165) is 68.2 Å². The van der Waals surface area contributed by atoms with E-state index < -0.39 is 21.9 Å². The normalized spacial score (nSPS) is 25.5. The molecule has 242 valence electrons. The van der Waals surface area contributed by atoms with Crippen molar-refractivity contribution >= 4 is 38.0 Å². The molecule has 4 atom stereocenters. The van der Waals surface area contributed by atoms with E-state index >= 15 is 4.39 Å². The third-order valence-electron chi connectivity index (χ3n) is 10.9.